The van der Waals surface area contributed by atoms with Crippen LogP contribution in [0.1, 0.15) is 11.1 Å². The predicted octanol–water partition coefficient (Wildman–Crippen LogP) is 6.60. The van der Waals surface area contributed by atoms with Gasteiger partial charge in [0, 0.05) is 0 Å². The minimum Gasteiger partial charge on any atom is -0.386 e. The lowest BCUT2D eigenvalue weighted by atomic mass is 10.2. The van der Waals surface area contributed by atoms with E-state index in [9.17, 15) is 4.57 Å². The largest absolute Gasteiger partial charge is 0.647 e. The van der Waals surface area contributed by atoms with Gasteiger partial charge in [0.05, 0.1) is 5.02 Å². The van der Waals surface area contributed by atoms with Crippen molar-refractivity contribution < 1.29 is 18.1 Å². The maximum atomic E-state index is 13.4. The van der Waals surface area contributed by atoms with Gasteiger partial charge in [-0.3, -0.25) is 0 Å². The number of hydrogen-bond donors (Lipinski definition) is 0. The first kappa shape index (κ1) is 18.4. The summed E-state index contributed by atoms with van der Waals surface area (Å²) >= 11 is 6.13. The highest BCUT2D eigenvalue weighted by molar-refractivity contribution is 7.49. The summed E-state index contributed by atoms with van der Waals surface area (Å²) in [6.45, 7) is 3.82. The molecule has 3 rings (SSSR count). The normalized spacial score (nSPS) is 11.0. The Kier molecular flexibility index (Phi) is 5.55. The van der Waals surface area contributed by atoms with Crippen molar-refractivity contribution in [1.29, 1.82) is 0 Å². The lowest BCUT2D eigenvalue weighted by Crippen LogP contribution is -2.08. The van der Waals surface area contributed by atoms with Crippen LogP contribution in [0.4, 0.5) is 0 Å². The first-order valence-corrected chi connectivity index (χ1v) is 9.84. The van der Waals surface area contributed by atoms with Gasteiger partial charge >= 0.3 is 7.82 Å². The van der Waals surface area contributed by atoms with Gasteiger partial charge in [-0.25, -0.2) is 0 Å². The van der Waals surface area contributed by atoms with Gasteiger partial charge in [-0.15, -0.1) is 0 Å². The Morgan fingerprint density at radius 2 is 1.27 bits per heavy atom. The number of hydrogen-bond acceptors (Lipinski definition) is 4. The molecule has 0 heterocycles. The third kappa shape index (κ3) is 4.81. The molecule has 0 aliphatic rings. The molecule has 0 bridgehead atoms. The SMILES string of the molecule is Cc1cccc(OP(=O)(Oc2cccc(C)c2)Oc2ccccc2Cl)c1. The second-order valence-electron chi connectivity index (χ2n) is 5.78. The molecule has 0 amide bonds. The molecule has 0 fully saturated rings. The van der Waals surface area contributed by atoms with Crippen molar-refractivity contribution in [3.05, 3.63) is 88.9 Å². The summed E-state index contributed by atoms with van der Waals surface area (Å²) in [6, 6.07) is 21.0. The zero-order chi connectivity index (χ0) is 18.6. The molecule has 4 nitrogen and oxygen atoms in total. The van der Waals surface area contributed by atoms with Gasteiger partial charge in [0.15, 0.2) is 5.75 Å². The highest BCUT2D eigenvalue weighted by Crippen LogP contribution is 2.51. The summed E-state index contributed by atoms with van der Waals surface area (Å²) in [7, 11) is -4.04. The monoisotopic (exact) mass is 388 g/mol. The molecule has 0 aromatic heterocycles. The van der Waals surface area contributed by atoms with Crippen molar-refractivity contribution in [3.8, 4) is 17.2 Å². The quantitative estimate of drug-likeness (QED) is 0.446. The fourth-order valence-corrected chi connectivity index (χ4v) is 3.78. The minimum absolute atomic E-state index is 0.220. The molecule has 0 aliphatic carbocycles. The summed E-state index contributed by atoms with van der Waals surface area (Å²) in [5, 5.41) is 0.313. The standard InChI is InChI=1S/C20H18ClO4P/c1-15-7-5-9-17(13-15)23-26(22,24-18-10-6-8-16(2)14-18)25-20-12-4-3-11-19(20)21/h3-14H,1-2H3. The molecular weight excluding hydrogens is 371 g/mol. The fraction of sp³-hybridized carbons (Fsp3) is 0.100. The second-order valence-corrected chi connectivity index (χ2v) is 7.63. The number of benzene rings is 3. The van der Waals surface area contributed by atoms with Crippen molar-refractivity contribution >= 4 is 19.4 Å². The molecule has 0 N–H and O–H groups in total. The zero-order valence-corrected chi connectivity index (χ0v) is 16.0. The maximum absolute atomic E-state index is 13.4. The van der Waals surface area contributed by atoms with E-state index in [0.29, 0.717) is 16.5 Å². The number of phosphoric ester groups is 1. The van der Waals surface area contributed by atoms with E-state index in [-0.39, 0.29) is 5.75 Å². The Bertz CT molecular complexity index is 906. The highest BCUT2D eigenvalue weighted by Gasteiger charge is 2.34. The topological polar surface area (TPSA) is 44.8 Å². The predicted molar refractivity (Wildman–Crippen MR) is 103 cm³/mol. The molecule has 0 unspecified atom stereocenters. The van der Waals surface area contributed by atoms with E-state index >= 15 is 0 Å². The van der Waals surface area contributed by atoms with Crippen LogP contribution >= 0.6 is 19.4 Å². The molecular formula is C20H18ClO4P. The van der Waals surface area contributed by atoms with Crippen LogP contribution < -0.4 is 13.6 Å². The van der Waals surface area contributed by atoms with E-state index in [1.807, 2.05) is 26.0 Å². The molecule has 0 saturated heterocycles. The summed E-state index contributed by atoms with van der Waals surface area (Å²) in [4.78, 5) is 0. The Labute approximate surface area is 157 Å². The summed E-state index contributed by atoms with van der Waals surface area (Å²) in [6.07, 6.45) is 0. The minimum atomic E-state index is -4.04. The van der Waals surface area contributed by atoms with Crippen molar-refractivity contribution in [2.24, 2.45) is 0 Å². The molecule has 134 valence electrons. The highest BCUT2D eigenvalue weighted by atomic mass is 35.5. The van der Waals surface area contributed by atoms with E-state index < -0.39 is 7.82 Å². The number of aryl methyl sites for hydroxylation is 2. The molecule has 0 saturated carbocycles. The maximum Gasteiger partial charge on any atom is 0.647 e. The van der Waals surface area contributed by atoms with Gasteiger partial charge in [0.1, 0.15) is 11.5 Å². The van der Waals surface area contributed by atoms with Gasteiger partial charge in [0.2, 0.25) is 0 Å². The average Bonchev–Trinajstić information content (AvgIpc) is 2.57. The van der Waals surface area contributed by atoms with Crippen LogP contribution in [0.3, 0.4) is 0 Å². The number of phosphoric acid groups is 1. The molecule has 3 aromatic rings. The molecule has 0 radical (unpaired) electrons. The van der Waals surface area contributed by atoms with Gasteiger partial charge in [-0.2, -0.15) is 4.57 Å². The number of rotatable bonds is 6. The number of para-hydroxylation sites is 1. The second kappa shape index (κ2) is 7.86. The fourth-order valence-electron chi connectivity index (χ4n) is 2.30. The van der Waals surface area contributed by atoms with E-state index in [2.05, 4.69) is 0 Å². The zero-order valence-electron chi connectivity index (χ0n) is 14.4. The van der Waals surface area contributed by atoms with Crippen molar-refractivity contribution in [3.63, 3.8) is 0 Å². The van der Waals surface area contributed by atoms with E-state index in [4.69, 9.17) is 25.2 Å². The Hall–Kier alpha value is -2.42. The first-order chi connectivity index (χ1) is 12.4. The van der Waals surface area contributed by atoms with Crippen molar-refractivity contribution in [2.75, 3.05) is 0 Å². The van der Waals surface area contributed by atoms with E-state index in [1.165, 1.54) is 0 Å². The van der Waals surface area contributed by atoms with E-state index in [1.54, 1.807) is 60.7 Å². The van der Waals surface area contributed by atoms with Crippen molar-refractivity contribution in [1.82, 2.24) is 0 Å². The van der Waals surface area contributed by atoms with Crippen LogP contribution in [-0.2, 0) is 4.57 Å². The van der Waals surface area contributed by atoms with Gasteiger partial charge in [-0.05, 0) is 61.4 Å². The average molecular weight is 389 g/mol. The van der Waals surface area contributed by atoms with Gasteiger partial charge in [-0.1, -0.05) is 48.0 Å². The Balaban J connectivity index is 1.94. The van der Waals surface area contributed by atoms with Crippen LogP contribution in [0.15, 0.2) is 72.8 Å². The third-order valence-electron chi connectivity index (χ3n) is 3.46. The molecule has 3 aromatic carbocycles. The Morgan fingerprint density at radius 3 is 1.77 bits per heavy atom. The van der Waals surface area contributed by atoms with Crippen LogP contribution in [0.25, 0.3) is 0 Å². The lowest BCUT2D eigenvalue weighted by Gasteiger charge is -2.20. The van der Waals surface area contributed by atoms with Crippen LogP contribution in [-0.4, -0.2) is 0 Å². The van der Waals surface area contributed by atoms with E-state index in [0.717, 1.165) is 11.1 Å². The third-order valence-corrected chi connectivity index (χ3v) is 5.06. The van der Waals surface area contributed by atoms with Crippen LogP contribution in [0.2, 0.25) is 5.02 Å². The molecule has 0 aliphatic heterocycles. The number of halogens is 1. The van der Waals surface area contributed by atoms with Gasteiger partial charge < -0.3 is 13.6 Å². The van der Waals surface area contributed by atoms with Crippen LogP contribution in [0.5, 0.6) is 17.2 Å². The molecule has 26 heavy (non-hydrogen) atoms. The molecule has 0 spiro atoms. The Morgan fingerprint density at radius 1 is 0.731 bits per heavy atom. The van der Waals surface area contributed by atoms with Gasteiger partial charge in [0.25, 0.3) is 0 Å². The van der Waals surface area contributed by atoms with Crippen LogP contribution in [0, 0.1) is 13.8 Å². The smallest absolute Gasteiger partial charge is 0.386 e. The summed E-state index contributed by atoms with van der Waals surface area (Å²) in [5.41, 5.74) is 1.92. The first-order valence-electron chi connectivity index (χ1n) is 8.00. The molecule has 0 atom stereocenters. The summed E-state index contributed by atoms with van der Waals surface area (Å²) < 4.78 is 30.2. The summed E-state index contributed by atoms with van der Waals surface area (Å²) in [5.74, 6) is 0.985. The lowest BCUT2D eigenvalue weighted by molar-refractivity contribution is 0.298. The molecule has 6 heteroatoms. The van der Waals surface area contributed by atoms with Crippen molar-refractivity contribution in [2.45, 2.75) is 13.8 Å².